The van der Waals surface area contributed by atoms with Crippen molar-refractivity contribution < 1.29 is 0 Å². The first-order chi connectivity index (χ1) is 6.27. The Morgan fingerprint density at radius 3 is 3.00 bits per heavy atom. The van der Waals surface area contributed by atoms with Crippen LogP contribution in [-0.4, -0.2) is 23.5 Å². The van der Waals surface area contributed by atoms with Gasteiger partial charge in [0, 0.05) is 22.0 Å². The van der Waals surface area contributed by atoms with E-state index in [4.69, 9.17) is 0 Å². The maximum Gasteiger partial charge on any atom is 0.0401 e. The molecule has 0 saturated carbocycles. The first kappa shape index (κ1) is 9.40. The maximum atomic E-state index is 4.23. The van der Waals surface area contributed by atoms with Crippen molar-refractivity contribution in [1.29, 1.82) is 0 Å². The van der Waals surface area contributed by atoms with Gasteiger partial charge in [-0.15, -0.1) is 0 Å². The lowest BCUT2D eigenvalue weighted by atomic mass is 10.1. The summed E-state index contributed by atoms with van der Waals surface area (Å²) >= 11 is 2.32. The summed E-state index contributed by atoms with van der Waals surface area (Å²) < 4.78 is 1.23. The molecule has 2 nitrogen and oxygen atoms in total. The van der Waals surface area contributed by atoms with Gasteiger partial charge in [0.1, 0.15) is 0 Å². The number of likely N-dealkylation sites (tertiary alicyclic amines) is 1. The lowest BCUT2D eigenvalue weighted by Gasteiger charge is -2.19. The highest BCUT2D eigenvalue weighted by Gasteiger charge is 2.22. The molecule has 0 amide bonds. The predicted octanol–water partition coefficient (Wildman–Crippen LogP) is 2.45. The van der Waals surface area contributed by atoms with E-state index in [0.717, 1.165) is 0 Å². The number of halogens is 1. The van der Waals surface area contributed by atoms with Gasteiger partial charge in [-0.1, -0.05) is 0 Å². The number of rotatable bonds is 1. The third-order valence-corrected chi connectivity index (χ3v) is 3.22. The molecule has 1 aliphatic heterocycles. The quantitative estimate of drug-likeness (QED) is 0.738. The van der Waals surface area contributed by atoms with Gasteiger partial charge in [0.15, 0.2) is 0 Å². The van der Waals surface area contributed by atoms with Crippen LogP contribution in [0, 0.1) is 3.57 Å². The van der Waals surface area contributed by atoms with Crippen molar-refractivity contribution in [2.75, 3.05) is 13.6 Å². The Balaban J connectivity index is 2.24. The van der Waals surface area contributed by atoms with E-state index in [-0.39, 0.29) is 0 Å². The van der Waals surface area contributed by atoms with Crippen molar-refractivity contribution in [3.63, 3.8) is 0 Å². The zero-order valence-corrected chi connectivity index (χ0v) is 9.86. The predicted molar refractivity (Wildman–Crippen MR) is 61.6 cm³/mol. The lowest BCUT2D eigenvalue weighted by molar-refractivity contribution is 0.317. The van der Waals surface area contributed by atoms with E-state index in [9.17, 15) is 0 Å². The average Bonchev–Trinajstić information content (AvgIpc) is 2.51. The molecule has 0 aliphatic carbocycles. The van der Waals surface area contributed by atoms with Crippen molar-refractivity contribution in [2.45, 2.75) is 18.9 Å². The third-order valence-electron chi connectivity index (χ3n) is 2.63. The molecule has 1 aromatic heterocycles. The minimum Gasteiger partial charge on any atom is -0.299 e. The topological polar surface area (TPSA) is 16.1 Å². The molecule has 0 spiro atoms. The highest BCUT2D eigenvalue weighted by molar-refractivity contribution is 14.1. The van der Waals surface area contributed by atoms with Crippen LogP contribution in [-0.2, 0) is 0 Å². The molecule has 3 heteroatoms. The second-order valence-corrected chi connectivity index (χ2v) is 4.82. The number of hydrogen-bond donors (Lipinski definition) is 0. The minimum atomic E-state index is 0.599. The van der Waals surface area contributed by atoms with Crippen LogP contribution in [0.3, 0.4) is 0 Å². The summed E-state index contributed by atoms with van der Waals surface area (Å²) in [5.74, 6) is 0. The van der Waals surface area contributed by atoms with Gasteiger partial charge in [0.05, 0.1) is 0 Å². The van der Waals surface area contributed by atoms with Crippen LogP contribution in [0.1, 0.15) is 24.4 Å². The van der Waals surface area contributed by atoms with Crippen molar-refractivity contribution in [2.24, 2.45) is 0 Å². The van der Waals surface area contributed by atoms with Crippen LogP contribution in [0.15, 0.2) is 18.5 Å². The first-order valence-corrected chi connectivity index (χ1v) is 5.66. The summed E-state index contributed by atoms with van der Waals surface area (Å²) in [6.07, 6.45) is 6.48. The molecule has 1 fully saturated rings. The van der Waals surface area contributed by atoms with E-state index in [1.54, 1.807) is 0 Å². The molecule has 0 N–H and O–H groups in total. The van der Waals surface area contributed by atoms with E-state index in [2.05, 4.69) is 45.6 Å². The Kier molecular flexibility index (Phi) is 2.83. The molecule has 0 aromatic carbocycles. The Labute approximate surface area is 92.5 Å². The van der Waals surface area contributed by atoms with E-state index < -0.39 is 0 Å². The van der Waals surface area contributed by atoms with Crippen LogP contribution < -0.4 is 0 Å². The van der Waals surface area contributed by atoms with Gasteiger partial charge in [-0.2, -0.15) is 0 Å². The van der Waals surface area contributed by atoms with Crippen LogP contribution in [0.5, 0.6) is 0 Å². The van der Waals surface area contributed by atoms with E-state index in [1.165, 1.54) is 28.5 Å². The minimum absolute atomic E-state index is 0.599. The van der Waals surface area contributed by atoms with Crippen LogP contribution in [0.2, 0.25) is 0 Å². The van der Waals surface area contributed by atoms with Gasteiger partial charge < -0.3 is 0 Å². The SMILES string of the molecule is CN1CCC[C@@H]1c1cncc(I)c1. The standard InChI is InChI=1S/C10H13IN2/c1-13-4-2-3-10(13)8-5-9(11)7-12-6-8/h5-7,10H,2-4H2,1H3/t10-/m1/s1. The van der Waals surface area contributed by atoms with Crippen molar-refractivity contribution >= 4 is 22.6 Å². The maximum absolute atomic E-state index is 4.23. The molecule has 1 aromatic rings. The van der Waals surface area contributed by atoms with Crippen LogP contribution >= 0.6 is 22.6 Å². The summed E-state index contributed by atoms with van der Waals surface area (Å²) in [6.45, 7) is 1.22. The number of aromatic nitrogens is 1. The lowest BCUT2D eigenvalue weighted by Crippen LogP contribution is -2.17. The van der Waals surface area contributed by atoms with Crippen molar-refractivity contribution in [3.8, 4) is 0 Å². The Morgan fingerprint density at radius 1 is 1.54 bits per heavy atom. The zero-order valence-electron chi connectivity index (χ0n) is 7.70. The third kappa shape index (κ3) is 2.02. The fraction of sp³-hybridized carbons (Fsp3) is 0.500. The summed E-state index contributed by atoms with van der Waals surface area (Å²) in [6, 6.07) is 2.84. The molecule has 0 unspecified atom stereocenters. The van der Waals surface area contributed by atoms with Gasteiger partial charge >= 0.3 is 0 Å². The average molecular weight is 288 g/mol. The molecule has 13 heavy (non-hydrogen) atoms. The fourth-order valence-electron chi connectivity index (χ4n) is 1.94. The van der Waals surface area contributed by atoms with Gasteiger partial charge in [-0.05, 0) is 60.7 Å². The molecular weight excluding hydrogens is 275 g/mol. The molecule has 2 rings (SSSR count). The molecule has 1 aliphatic rings. The summed E-state index contributed by atoms with van der Waals surface area (Å²) in [5.41, 5.74) is 1.37. The Morgan fingerprint density at radius 2 is 2.38 bits per heavy atom. The summed E-state index contributed by atoms with van der Waals surface area (Å²) in [7, 11) is 2.19. The van der Waals surface area contributed by atoms with Gasteiger partial charge in [0.2, 0.25) is 0 Å². The molecular formula is C10H13IN2. The smallest absolute Gasteiger partial charge is 0.0401 e. The van der Waals surface area contributed by atoms with E-state index in [0.29, 0.717) is 6.04 Å². The van der Waals surface area contributed by atoms with Crippen LogP contribution in [0.4, 0.5) is 0 Å². The molecule has 1 atom stereocenters. The Hall–Kier alpha value is -0.160. The number of nitrogens with zero attached hydrogens (tertiary/aromatic N) is 2. The molecule has 1 saturated heterocycles. The van der Waals surface area contributed by atoms with E-state index in [1.807, 2.05) is 12.4 Å². The van der Waals surface area contributed by atoms with E-state index >= 15 is 0 Å². The second-order valence-electron chi connectivity index (χ2n) is 3.58. The number of hydrogen-bond acceptors (Lipinski definition) is 2. The first-order valence-electron chi connectivity index (χ1n) is 4.58. The van der Waals surface area contributed by atoms with Gasteiger partial charge in [0.25, 0.3) is 0 Å². The fourth-order valence-corrected chi connectivity index (χ4v) is 2.46. The molecule has 0 radical (unpaired) electrons. The molecule has 0 bridgehead atoms. The largest absolute Gasteiger partial charge is 0.299 e. The van der Waals surface area contributed by atoms with Crippen molar-refractivity contribution in [3.05, 3.63) is 27.6 Å². The highest BCUT2D eigenvalue weighted by atomic mass is 127. The van der Waals surface area contributed by atoms with Gasteiger partial charge in [-0.25, -0.2) is 0 Å². The van der Waals surface area contributed by atoms with Crippen molar-refractivity contribution in [1.82, 2.24) is 9.88 Å². The summed E-state index contributed by atoms with van der Waals surface area (Å²) in [4.78, 5) is 6.64. The van der Waals surface area contributed by atoms with Gasteiger partial charge in [-0.3, -0.25) is 9.88 Å². The highest BCUT2D eigenvalue weighted by Crippen LogP contribution is 2.30. The second kappa shape index (κ2) is 3.92. The van der Waals surface area contributed by atoms with Crippen LogP contribution in [0.25, 0.3) is 0 Å². The Bertz CT molecular complexity index is 301. The monoisotopic (exact) mass is 288 g/mol. The zero-order chi connectivity index (χ0) is 9.26. The summed E-state index contributed by atoms with van der Waals surface area (Å²) in [5, 5.41) is 0. The molecule has 2 heterocycles. The number of pyridine rings is 1. The molecule has 70 valence electrons. The normalized spacial score (nSPS) is 23.7.